The summed E-state index contributed by atoms with van der Waals surface area (Å²) in [4.78, 5) is 20.0. The predicted octanol–water partition coefficient (Wildman–Crippen LogP) is 4.02. The van der Waals surface area contributed by atoms with Gasteiger partial charge in [-0.1, -0.05) is 40.6 Å². The van der Waals surface area contributed by atoms with Crippen LogP contribution in [0.5, 0.6) is 0 Å². The van der Waals surface area contributed by atoms with Crippen molar-refractivity contribution in [1.82, 2.24) is 4.90 Å². The molecule has 0 aromatic heterocycles. The molecule has 1 aromatic carbocycles. The Morgan fingerprint density at radius 1 is 1.08 bits per heavy atom. The second-order valence-electron chi connectivity index (χ2n) is 6.31. The Bertz CT molecular complexity index is 678. The van der Waals surface area contributed by atoms with E-state index in [2.05, 4.69) is 20.1 Å². The third-order valence-electron chi connectivity index (χ3n) is 5.14. The summed E-state index contributed by atoms with van der Waals surface area (Å²) in [5.41, 5.74) is 18.2. The number of amides is 1. The molecule has 2 aliphatic rings. The van der Waals surface area contributed by atoms with Gasteiger partial charge in [0.15, 0.2) is 0 Å². The lowest BCUT2D eigenvalue weighted by molar-refractivity contribution is 0.0877. The first-order valence-electron chi connectivity index (χ1n) is 8.27. The standard InChI is InChI=1S/C16H19N7O2/c17-21-19-8-12-13(9-20-22-18)15-7-6-14(12)23(15)16(24)25-10-11-4-2-1-3-5-11/h1-5,12-15H,6-10H2. The van der Waals surface area contributed by atoms with Gasteiger partial charge in [-0.15, -0.1) is 0 Å². The summed E-state index contributed by atoms with van der Waals surface area (Å²) in [6.45, 7) is 0.815. The molecule has 0 spiro atoms. The van der Waals surface area contributed by atoms with Crippen LogP contribution in [0.3, 0.4) is 0 Å². The molecule has 0 aliphatic carbocycles. The number of ether oxygens (including phenoxy) is 1. The Hall–Kier alpha value is -2.89. The molecule has 0 saturated carbocycles. The number of hydrogen-bond acceptors (Lipinski definition) is 4. The summed E-state index contributed by atoms with van der Waals surface area (Å²) < 4.78 is 5.48. The number of rotatable bonds is 6. The number of benzene rings is 1. The van der Waals surface area contributed by atoms with Crippen LogP contribution in [-0.4, -0.2) is 36.2 Å². The average Bonchev–Trinajstić information content (AvgIpc) is 3.19. The molecular weight excluding hydrogens is 322 g/mol. The summed E-state index contributed by atoms with van der Waals surface area (Å²) in [5.74, 6) is 0.00819. The fraction of sp³-hybridized carbons (Fsp3) is 0.562. The highest BCUT2D eigenvalue weighted by Gasteiger charge is 2.54. The van der Waals surface area contributed by atoms with E-state index < -0.39 is 0 Å². The monoisotopic (exact) mass is 341 g/mol. The van der Waals surface area contributed by atoms with Crippen LogP contribution in [0.4, 0.5) is 4.79 Å². The minimum Gasteiger partial charge on any atom is -0.445 e. The quantitative estimate of drug-likeness (QED) is 0.440. The molecule has 9 nitrogen and oxygen atoms in total. The van der Waals surface area contributed by atoms with E-state index in [4.69, 9.17) is 15.8 Å². The van der Waals surface area contributed by atoms with Crippen molar-refractivity contribution in [3.05, 3.63) is 56.8 Å². The van der Waals surface area contributed by atoms with Gasteiger partial charge in [0, 0.05) is 35.0 Å². The minimum atomic E-state index is -0.356. The summed E-state index contributed by atoms with van der Waals surface area (Å²) in [6, 6.07) is 9.45. The second-order valence-corrected chi connectivity index (χ2v) is 6.31. The molecule has 0 radical (unpaired) electrons. The van der Waals surface area contributed by atoms with Crippen LogP contribution in [0.1, 0.15) is 18.4 Å². The molecule has 9 heteroatoms. The third-order valence-corrected chi connectivity index (χ3v) is 5.14. The van der Waals surface area contributed by atoms with Gasteiger partial charge in [-0.05, 0) is 41.3 Å². The highest BCUT2D eigenvalue weighted by atomic mass is 16.6. The Morgan fingerprint density at radius 2 is 1.64 bits per heavy atom. The molecule has 2 fully saturated rings. The van der Waals surface area contributed by atoms with Crippen LogP contribution in [0.25, 0.3) is 20.9 Å². The van der Waals surface area contributed by atoms with E-state index in [0.29, 0.717) is 13.1 Å². The van der Waals surface area contributed by atoms with E-state index in [-0.39, 0.29) is 36.6 Å². The van der Waals surface area contributed by atoms with Crippen molar-refractivity contribution in [2.24, 2.45) is 22.1 Å². The van der Waals surface area contributed by atoms with Gasteiger partial charge >= 0.3 is 6.09 Å². The summed E-state index contributed by atoms with van der Waals surface area (Å²) >= 11 is 0. The summed E-state index contributed by atoms with van der Waals surface area (Å²) in [5, 5.41) is 7.37. The zero-order chi connectivity index (χ0) is 17.6. The van der Waals surface area contributed by atoms with Crippen molar-refractivity contribution in [3.63, 3.8) is 0 Å². The van der Waals surface area contributed by atoms with Crippen molar-refractivity contribution in [2.45, 2.75) is 31.5 Å². The topological polar surface area (TPSA) is 127 Å². The molecule has 130 valence electrons. The molecule has 2 saturated heterocycles. The summed E-state index contributed by atoms with van der Waals surface area (Å²) in [6.07, 6.45) is 1.35. The first kappa shape index (κ1) is 17.0. The van der Waals surface area contributed by atoms with Gasteiger partial charge in [0.2, 0.25) is 0 Å². The molecular formula is C16H19N7O2. The lowest BCUT2D eigenvalue weighted by atomic mass is 9.79. The van der Waals surface area contributed by atoms with Gasteiger partial charge in [-0.3, -0.25) is 0 Å². The first-order valence-corrected chi connectivity index (χ1v) is 8.27. The Labute approximate surface area is 144 Å². The van der Waals surface area contributed by atoms with Crippen molar-refractivity contribution < 1.29 is 9.53 Å². The van der Waals surface area contributed by atoms with Crippen molar-refractivity contribution >= 4 is 6.09 Å². The van der Waals surface area contributed by atoms with Gasteiger partial charge in [0.1, 0.15) is 6.61 Å². The van der Waals surface area contributed by atoms with Crippen molar-refractivity contribution in [3.8, 4) is 0 Å². The van der Waals surface area contributed by atoms with Gasteiger partial charge in [0.25, 0.3) is 0 Å². The number of carbonyl (C=O) groups excluding carboxylic acids is 1. The van der Waals surface area contributed by atoms with Crippen LogP contribution in [0.15, 0.2) is 40.6 Å². The van der Waals surface area contributed by atoms with Gasteiger partial charge in [-0.25, -0.2) is 4.79 Å². The second kappa shape index (κ2) is 7.79. The minimum absolute atomic E-state index is 0.00410. The molecule has 2 bridgehead atoms. The molecule has 2 aliphatic heterocycles. The van der Waals surface area contributed by atoms with Crippen LogP contribution in [-0.2, 0) is 11.3 Å². The Kier molecular flexibility index (Phi) is 5.28. The fourth-order valence-corrected chi connectivity index (χ4v) is 4.12. The zero-order valence-electron chi connectivity index (χ0n) is 13.7. The van der Waals surface area contributed by atoms with Crippen LogP contribution in [0, 0.1) is 11.8 Å². The number of hydrogen-bond donors (Lipinski definition) is 0. The lowest BCUT2D eigenvalue weighted by Crippen LogP contribution is -2.37. The Morgan fingerprint density at radius 3 is 2.16 bits per heavy atom. The maximum absolute atomic E-state index is 12.6. The maximum Gasteiger partial charge on any atom is 0.410 e. The molecule has 0 N–H and O–H groups in total. The highest BCUT2D eigenvalue weighted by molar-refractivity contribution is 5.69. The lowest BCUT2D eigenvalue weighted by Gasteiger charge is -2.25. The van der Waals surface area contributed by atoms with Crippen LogP contribution in [0.2, 0.25) is 0 Å². The van der Waals surface area contributed by atoms with E-state index in [1.54, 1.807) is 4.90 Å². The molecule has 1 aromatic rings. The third kappa shape index (κ3) is 3.47. The van der Waals surface area contributed by atoms with E-state index in [9.17, 15) is 4.79 Å². The average molecular weight is 341 g/mol. The molecule has 1 amide bonds. The van der Waals surface area contributed by atoms with E-state index in [1.807, 2.05) is 30.3 Å². The van der Waals surface area contributed by atoms with E-state index in [0.717, 1.165) is 18.4 Å². The fourth-order valence-electron chi connectivity index (χ4n) is 4.12. The van der Waals surface area contributed by atoms with Gasteiger partial charge in [-0.2, -0.15) is 0 Å². The number of carbonyl (C=O) groups is 1. The van der Waals surface area contributed by atoms with Crippen molar-refractivity contribution in [1.29, 1.82) is 0 Å². The SMILES string of the molecule is [N-]=[N+]=NCC1C(CN=[N+]=[N-])C2CCC1N2C(=O)OCc1ccccc1. The van der Waals surface area contributed by atoms with Crippen molar-refractivity contribution in [2.75, 3.05) is 13.1 Å². The molecule has 4 atom stereocenters. The number of azide groups is 2. The first-order chi connectivity index (χ1) is 12.3. The number of fused-ring (bicyclic) bond motifs is 2. The highest BCUT2D eigenvalue weighted by Crippen LogP contribution is 2.46. The summed E-state index contributed by atoms with van der Waals surface area (Å²) in [7, 11) is 0. The molecule has 2 heterocycles. The van der Waals surface area contributed by atoms with Crippen LogP contribution < -0.4 is 0 Å². The zero-order valence-corrected chi connectivity index (χ0v) is 13.7. The van der Waals surface area contributed by atoms with E-state index >= 15 is 0 Å². The van der Waals surface area contributed by atoms with E-state index in [1.165, 1.54) is 0 Å². The maximum atomic E-state index is 12.6. The van der Waals surface area contributed by atoms with Gasteiger partial charge < -0.3 is 9.64 Å². The smallest absolute Gasteiger partial charge is 0.410 e. The number of nitrogens with zero attached hydrogens (tertiary/aromatic N) is 7. The largest absolute Gasteiger partial charge is 0.445 e. The predicted molar refractivity (Wildman–Crippen MR) is 90.3 cm³/mol. The normalized spacial score (nSPS) is 26.6. The molecule has 4 unspecified atom stereocenters. The molecule has 25 heavy (non-hydrogen) atoms. The Balaban J connectivity index is 1.71. The van der Waals surface area contributed by atoms with Crippen LogP contribution >= 0.6 is 0 Å². The van der Waals surface area contributed by atoms with Gasteiger partial charge in [0.05, 0.1) is 0 Å². The molecule has 3 rings (SSSR count).